The number of carboxylic acid groups (broad SMARTS) is 1. The van der Waals surface area contributed by atoms with E-state index in [-0.39, 0.29) is 23.2 Å². The lowest BCUT2D eigenvalue weighted by atomic mass is 10.2. The zero-order valence-electron chi connectivity index (χ0n) is 10.5. The minimum absolute atomic E-state index is 0.00847. The topological polar surface area (TPSA) is 120 Å². The van der Waals surface area contributed by atoms with E-state index in [2.05, 4.69) is 20.9 Å². The van der Waals surface area contributed by atoms with Crippen LogP contribution in [0.2, 0.25) is 0 Å². The first-order chi connectivity index (χ1) is 9.54. The van der Waals surface area contributed by atoms with Crippen molar-refractivity contribution in [2.24, 2.45) is 0 Å². The highest BCUT2D eigenvalue weighted by molar-refractivity contribution is 5.92. The van der Waals surface area contributed by atoms with Crippen LogP contribution in [0.3, 0.4) is 0 Å². The van der Waals surface area contributed by atoms with E-state index in [4.69, 9.17) is 5.11 Å². The summed E-state index contributed by atoms with van der Waals surface area (Å²) < 4.78 is 0. The van der Waals surface area contributed by atoms with E-state index in [0.29, 0.717) is 19.4 Å². The van der Waals surface area contributed by atoms with Crippen molar-refractivity contribution < 1.29 is 19.5 Å². The molecular formula is C12H14N4O4. The van der Waals surface area contributed by atoms with Crippen molar-refractivity contribution in [3.8, 4) is 0 Å². The van der Waals surface area contributed by atoms with E-state index in [1.165, 1.54) is 18.5 Å². The van der Waals surface area contributed by atoms with Crippen molar-refractivity contribution in [1.29, 1.82) is 0 Å². The number of hydrogen-bond donors (Lipinski definition) is 4. The van der Waals surface area contributed by atoms with E-state index in [9.17, 15) is 14.4 Å². The number of carbonyl (C=O) groups excluding carboxylic acids is 2. The van der Waals surface area contributed by atoms with Gasteiger partial charge in [0, 0.05) is 25.2 Å². The van der Waals surface area contributed by atoms with E-state index >= 15 is 0 Å². The third-order valence-corrected chi connectivity index (χ3v) is 2.84. The maximum atomic E-state index is 11.6. The fourth-order valence-electron chi connectivity index (χ4n) is 1.85. The van der Waals surface area contributed by atoms with Gasteiger partial charge in [-0.25, -0.2) is 9.59 Å². The van der Waals surface area contributed by atoms with Crippen molar-refractivity contribution in [2.45, 2.75) is 18.9 Å². The number of aromatic carboxylic acids is 1. The highest BCUT2D eigenvalue weighted by Gasteiger charge is 2.20. The minimum atomic E-state index is -1.12. The van der Waals surface area contributed by atoms with Crippen LogP contribution in [-0.4, -0.2) is 40.6 Å². The van der Waals surface area contributed by atoms with Crippen molar-refractivity contribution in [2.75, 3.05) is 11.9 Å². The van der Waals surface area contributed by atoms with Gasteiger partial charge in [-0.2, -0.15) is 0 Å². The molecule has 1 atom stereocenters. The smallest absolute Gasteiger partial charge is 0.337 e. The molecule has 2 rings (SSSR count). The summed E-state index contributed by atoms with van der Waals surface area (Å²) in [5, 5.41) is 16.6. The number of amides is 3. The first kappa shape index (κ1) is 13.8. The maximum absolute atomic E-state index is 11.6. The van der Waals surface area contributed by atoms with E-state index in [0.717, 1.165) is 0 Å². The Kier molecular flexibility index (Phi) is 4.14. The average Bonchev–Trinajstić information content (AvgIpc) is 2.82. The van der Waals surface area contributed by atoms with Crippen molar-refractivity contribution in [3.63, 3.8) is 0 Å². The van der Waals surface area contributed by atoms with Crippen LogP contribution in [0, 0.1) is 0 Å². The largest absolute Gasteiger partial charge is 0.478 e. The Morgan fingerprint density at radius 2 is 2.25 bits per heavy atom. The number of aromatic nitrogens is 1. The number of nitrogens with one attached hydrogen (secondary N) is 3. The summed E-state index contributed by atoms with van der Waals surface area (Å²) in [6, 6.07) is 0.777. The number of carbonyl (C=O) groups is 3. The summed E-state index contributed by atoms with van der Waals surface area (Å²) in [7, 11) is 0. The van der Waals surface area contributed by atoms with Crippen LogP contribution in [-0.2, 0) is 4.79 Å². The molecule has 20 heavy (non-hydrogen) atoms. The fraction of sp³-hybridized carbons (Fsp3) is 0.333. The van der Waals surface area contributed by atoms with Crippen LogP contribution in [0.25, 0.3) is 0 Å². The van der Waals surface area contributed by atoms with Gasteiger partial charge in [0.2, 0.25) is 5.91 Å². The normalized spacial score (nSPS) is 17.4. The van der Waals surface area contributed by atoms with Crippen LogP contribution in [0.5, 0.6) is 0 Å². The van der Waals surface area contributed by atoms with Crippen LogP contribution in [0.15, 0.2) is 18.5 Å². The summed E-state index contributed by atoms with van der Waals surface area (Å²) in [4.78, 5) is 37.1. The third kappa shape index (κ3) is 3.67. The van der Waals surface area contributed by atoms with Crippen LogP contribution in [0.4, 0.5) is 10.5 Å². The van der Waals surface area contributed by atoms with Gasteiger partial charge in [0.15, 0.2) is 0 Å². The van der Waals surface area contributed by atoms with E-state index in [1.807, 2.05) is 0 Å². The Morgan fingerprint density at radius 1 is 1.45 bits per heavy atom. The zero-order chi connectivity index (χ0) is 14.5. The van der Waals surface area contributed by atoms with Crippen LogP contribution in [0.1, 0.15) is 23.2 Å². The number of urea groups is 1. The Balaban J connectivity index is 1.83. The van der Waals surface area contributed by atoms with Gasteiger partial charge in [0.25, 0.3) is 0 Å². The predicted octanol–water partition coefficient (Wildman–Crippen LogP) is 0.180. The zero-order valence-corrected chi connectivity index (χ0v) is 10.5. The molecule has 4 N–H and O–H groups in total. The predicted molar refractivity (Wildman–Crippen MR) is 69.4 cm³/mol. The van der Waals surface area contributed by atoms with Gasteiger partial charge in [0.05, 0.1) is 17.4 Å². The van der Waals surface area contributed by atoms with Gasteiger partial charge < -0.3 is 21.1 Å². The SMILES string of the molecule is O=C1CCC(CNC(=O)Nc2cncc(C(=O)O)c2)N1. The molecule has 0 bridgehead atoms. The maximum Gasteiger partial charge on any atom is 0.337 e. The van der Waals surface area contributed by atoms with Crippen molar-refractivity contribution >= 4 is 23.6 Å². The van der Waals surface area contributed by atoms with E-state index < -0.39 is 12.0 Å². The standard InChI is InChI=1S/C12H14N4O4/c17-10-2-1-8(15-10)6-14-12(20)16-9-3-7(11(18)19)4-13-5-9/h3-5,8H,1-2,6H2,(H,15,17)(H,18,19)(H2,14,16,20). The van der Waals surface area contributed by atoms with Gasteiger partial charge in [-0.1, -0.05) is 0 Å². The molecule has 0 saturated carbocycles. The quantitative estimate of drug-likeness (QED) is 0.626. The van der Waals surface area contributed by atoms with E-state index in [1.54, 1.807) is 0 Å². The Hall–Kier alpha value is -2.64. The minimum Gasteiger partial charge on any atom is -0.478 e. The van der Waals surface area contributed by atoms with Gasteiger partial charge in [-0.3, -0.25) is 9.78 Å². The monoisotopic (exact) mass is 278 g/mol. The Labute approximate surface area is 114 Å². The molecule has 0 radical (unpaired) electrons. The molecule has 1 aliphatic rings. The molecule has 0 aromatic carbocycles. The molecule has 0 aliphatic carbocycles. The van der Waals surface area contributed by atoms with Gasteiger partial charge in [0.1, 0.15) is 0 Å². The molecular weight excluding hydrogens is 264 g/mol. The highest BCUT2D eigenvalue weighted by Crippen LogP contribution is 2.08. The first-order valence-corrected chi connectivity index (χ1v) is 6.07. The molecule has 1 unspecified atom stereocenters. The Morgan fingerprint density at radius 3 is 2.90 bits per heavy atom. The number of rotatable bonds is 4. The Bertz CT molecular complexity index is 546. The summed E-state index contributed by atoms with van der Waals surface area (Å²) in [5.41, 5.74) is 0.281. The second kappa shape index (κ2) is 6.00. The van der Waals surface area contributed by atoms with Crippen LogP contribution < -0.4 is 16.0 Å². The molecule has 3 amide bonds. The molecule has 1 aromatic rings. The van der Waals surface area contributed by atoms with Crippen molar-refractivity contribution in [1.82, 2.24) is 15.6 Å². The van der Waals surface area contributed by atoms with Gasteiger partial charge in [-0.15, -0.1) is 0 Å². The molecule has 1 aliphatic heterocycles. The summed E-state index contributed by atoms with van der Waals surface area (Å²) >= 11 is 0. The molecule has 1 aromatic heterocycles. The fourth-order valence-corrected chi connectivity index (χ4v) is 1.85. The molecule has 106 valence electrons. The highest BCUT2D eigenvalue weighted by atomic mass is 16.4. The number of anilines is 1. The molecule has 8 heteroatoms. The molecule has 8 nitrogen and oxygen atoms in total. The third-order valence-electron chi connectivity index (χ3n) is 2.84. The van der Waals surface area contributed by atoms with Crippen LogP contribution >= 0.6 is 0 Å². The summed E-state index contributed by atoms with van der Waals surface area (Å²) in [5.74, 6) is -1.13. The first-order valence-electron chi connectivity index (χ1n) is 6.07. The number of nitrogens with zero attached hydrogens (tertiary/aromatic N) is 1. The second-order valence-corrected chi connectivity index (χ2v) is 4.41. The van der Waals surface area contributed by atoms with Crippen molar-refractivity contribution in [3.05, 3.63) is 24.0 Å². The lowest BCUT2D eigenvalue weighted by molar-refractivity contribution is -0.119. The number of carboxylic acids is 1. The molecule has 0 spiro atoms. The molecule has 2 heterocycles. The molecule has 1 saturated heterocycles. The summed E-state index contributed by atoms with van der Waals surface area (Å²) in [6.45, 7) is 0.323. The summed E-state index contributed by atoms with van der Waals surface area (Å²) in [6.07, 6.45) is 3.70. The van der Waals surface area contributed by atoms with Gasteiger partial charge >= 0.3 is 12.0 Å². The second-order valence-electron chi connectivity index (χ2n) is 4.41. The average molecular weight is 278 g/mol. The lowest BCUT2D eigenvalue weighted by Crippen LogP contribution is -2.40. The number of pyridine rings is 1. The van der Waals surface area contributed by atoms with Gasteiger partial charge in [-0.05, 0) is 12.5 Å². The molecule has 1 fully saturated rings. The lowest BCUT2D eigenvalue weighted by Gasteiger charge is -2.12. The number of hydrogen-bond acceptors (Lipinski definition) is 4.